The van der Waals surface area contributed by atoms with Gasteiger partial charge in [-0.3, -0.25) is 8.97 Å². The third-order valence-corrected chi connectivity index (χ3v) is 5.09. The highest BCUT2D eigenvalue weighted by atomic mass is 15.3. The van der Waals surface area contributed by atoms with E-state index < -0.39 is 0 Å². The minimum Gasteiger partial charge on any atom is -0.292 e. The minimum atomic E-state index is 0.844. The first kappa shape index (κ1) is 18.4. The Kier molecular flexibility index (Phi) is 5.26. The van der Waals surface area contributed by atoms with Gasteiger partial charge in [0.2, 0.25) is 0 Å². The van der Waals surface area contributed by atoms with Gasteiger partial charge in [-0.2, -0.15) is 0 Å². The lowest BCUT2D eigenvalue weighted by Crippen LogP contribution is -2.41. The normalized spacial score (nSPS) is 12.2. The average molecular weight is 347 g/mol. The summed E-state index contributed by atoms with van der Waals surface area (Å²) in [4.78, 5) is 0. The Morgan fingerprint density at radius 3 is 1.08 bits per heavy atom. The van der Waals surface area contributed by atoms with E-state index in [1.165, 1.54) is 22.5 Å². The molecule has 3 aromatic carbocycles. The molecule has 0 bridgehead atoms. The third-order valence-electron chi connectivity index (χ3n) is 5.09. The fourth-order valence-electron chi connectivity index (χ4n) is 3.52. The van der Waals surface area contributed by atoms with Gasteiger partial charge < -0.3 is 0 Å². The molecule has 3 aromatic rings. The van der Waals surface area contributed by atoms with Crippen LogP contribution in [0.5, 0.6) is 0 Å². The Hall–Kier alpha value is -2.42. The first-order valence-corrected chi connectivity index (χ1v) is 9.22. The van der Waals surface area contributed by atoms with E-state index in [2.05, 4.69) is 113 Å². The zero-order chi connectivity index (χ0) is 18.6. The molecule has 26 heavy (non-hydrogen) atoms. The van der Waals surface area contributed by atoms with Crippen molar-refractivity contribution in [3.63, 3.8) is 0 Å². The van der Waals surface area contributed by atoms with E-state index in [0.717, 1.165) is 22.1 Å². The molecule has 134 valence electrons. The lowest BCUT2D eigenvalue weighted by molar-refractivity contribution is 0.385. The number of benzene rings is 3. The minimum absolute atomic E-state index is 0.844. The molecule has 2 nitrogen and oxygen atoms in total. The van der Waals surface area contributed by atoms with Crippen molar-refractivity contribution >= 4 is 11.4 Å². The van der Waals surface area contributed by atoms with Crippen molar-refractivity contribution in [3.8, 4) is 0 Å². The Balaban J connectivity index is 1.77. The smallest absolute Gasteiger partial charge is 0.133 e. The molecule has 0 amide bonds. The third kappa shape index (κ3) is 4.40. The van der Waals surface area contributed by atoms with Crippen LogP contribution in [0.3, 0.4) is 0 Å². The van der Waals surface area contributed by atoms with Crippen molar-refractivity contribution in [2.75, 3.05) is 28.2 Å². The highest BCUT2D eigenvalue weighted by Gasteiger charge is 2.23. The van der Waals surface area contributed by atoms with Gasteiger partial charge in [-0.15, -0.1) is 0 Å². The Morgan fingerprint density at radius 1 is 0.462 bits per heavy atom. The predicted molar refractivity (Wildman–Crippen MR) is 114 cm³/mol. The lowest BCUT2D eigenvalue weighted by atomic mass is 10.1. The quantitative estimate of drug-likeness (QED) is 0.537. The van der Waals surface area contributed by atoms with Gasteiger partial charge in [-0.05, 0) is 0 Å². The largest absolute Gasteiger partial charge is 0.292 e. The summed E-state index contributed by atoms with van der Waals surface area (Å²) in [6.07, 6.45) is 0. The van der Waals surface area contributed by atoms with Crippen molar-refractivity contribution < 1.29 is 0 Å². The maximum Gasteiger partial charge on any atom is 0.133 e. The predicted octanol–water partition coefficient (Wildman–Crippen LogP) is 5.22. The van der Waals surface area contributed by atoms with E-state index in [-0.39, 0.29) is 0 Å². The van der Waals surface area contributed by atoms with Crippen LogP contribution in [0.2, 0.25) is 0 Å². The second-order valence-electron chi connectivity index (χ2n) is 8.17. The van der Waals surface area contributed by atoms with Crippen LogP contribution in [-0.4, -0.2) is 28.2 Å². The first-order valence-electron chi connectivity index (χ1n) is 9.22. The summed E-state index contributed by atoms with van der Waals surface area (Å²) in [5, 5.41) is 0. The van der Waals surface area contributed by atoms with Crippen molar-refractivity contribution in [2.24, 2.45) is 0 Å². The van der Waals surface area contributed by atoms with Crippen LogP contribution in [0.1, 0.15) is 11.1 Å². The van der Waals surface area contributed by atoms with Gasteiger partial charge in [-0.25, -0.2) is 0 Å². The number of hydrogen-bond acceptors (Lipinski definition) is 0. The van der Waals surface area contributed by atoms with E-state index in [1.54, 1.807) is 0 Å². The molecule has 0 heterocycles. The molecule has 3 rings (SSSR count). The van der Waals surface area contributed by atoms with Gasteiger partial charge in [0.05, 0.1) is 28.2 Å². The molecule has 0 saturated heterocycles. The molecular formula is C24H30N2+2. The van der Waals surface area contributed by atoms with Crippen molar-refractivity contribution in [1.29, 1.82) is 0 Å². The molecule has 0 fully saturated rings. The molecule has 0 aliphatic rings. The fraction of sp³-hybridized carbons (Fsp3) is 0.250. The van der Waals surface area contributed by atoms with Crippen LogP contribution < -0.4 is 8.97 Å². The van der Waals surface area contributed by atoms with E-state index in [4.69, 9.17) is 0 Å². The second kappa shape index (κ2) is 7.45. The molecule has 2 heteroatoms. The second-order valence-corrected chi connectivity index (χ2v) is 8.17. The van der Waals surface area contributed by atoms with E-state index in [9.17, 15) is 0 Å². The van der Waals surface area contributed by atoms with Gasteiger partial charge in [0.15, 0.2) is 0 Å². The first-order chi connectivity index (χ1) is 12.4. The SMILES string of the molecule is C[N+](C)(Cc1ccccc1)c1ccc([N+](C)(C)Cc2ccccc2)cc1. The van der Waals surface area contributed by atoms with Crippen LogP contribution >= 0.6 is 0 Å². The van der Waals surface area contributed by atoms with Crippen LogP contribution in [0, 0.1) is 0 Å². The highest BCUT2D eigenvalue weighted by molar-refractivity contribution is 5.52. The standard InChI is InChI=1S/C24H30N2/c1-25(2,19-21-11-7-5-8-12-21)23-15-17-24(18-16-23)26(3,4)20-22-13-9-6-10-14-22/h5-18H,19-20H2,1-4H3/q+2. The summed E-state index contributed by atoms with van der Waals surface area (Å²) in [5.74, 6) is 0. The van der Waals surface area contributed by atoms with Crippen molar-refractivity contribution in [3.05, 3.63) is 96.1 Å². The van der Waals surface area contributed by atoms with E-state index in [0.29, 0.717) is 0 Å². The average Bonchev–Trinajstić information content (AvgIpc) is 2.63. The maximum absolute atomic E-state index is 2.28. The van der Waals surface area contributed by atoms with Gasteiger partial charge in [-0.1, -0.05) is 60.7 Å². The topological polar surface area (TPSA) is 0 Å². The molecule has 0 aliphatic heterocycles. The van der Waals surface area contributed by atoms with Crippen LogP contribution in [-0.2, 0) is 13.1 Å². The monoisotopic (exact) mass is 346 g/mol. The molecule has 0 atom stereocenters. The van der Waals surface area contributed by atoms with Gasteiger partial charge >= 0.3 is 0 Å². The number of rotatable bonds is 6. The molecular weight excluding hydrogens is 316 g/mol. The number of quaternary nitrogens is 2. The van der Waals surface area contributed by atoms with Crippen LogP contribution in [0.25, 0.3) is 0 Å². The van der Waals surface area contributed by atoms with Crippen molar-refractivity contribution in [1.82, 2.24) is 8.97 Å². The fourth-order valence-corrected chi connectivity index (χ4v) is 3.52. The summed E-state index contributed by atoms with van der Waals surface area (Å²) in [7, 11) is 9.08. The van der Waals surface area contributed by atoms with Gasteiger partial charge in [0.25, 0.3) is 0 Å². The van der Waals surface area contributed by atoms with Crippen molar-refractivity contribution in [2.45, 2.75) is 13.1 Å². The molecule has 0 spiro atoms. The van der Waals surface area contributed by atoms with E-state index >= 15 is 0 Å². The lowest BCUT2D eigenvalue weighted by Gasteiger charge is -2.32. The summed E-state index contributed by atoms with van der Waals surface area (Å²) < 4.78 is 1.69. The summed E-state index contributed by atoms with van der Waals surface area (Å²) in [6, 6.07) is 30.5. The van der Waals surface area contributed by atoms with Crippen LogP contribution in [0.15, 0.2) is 84.9 Å². The van der Waals surface area contributed by atoms with Crippen LogP contribution in [0.4, 0.5) is 11.4 Å². The summed E-state index contributed by atoms with van der Waals surface area (Å²) >= 11 is 0. The molecule has 0 radical (unpaired) electrons. The molecule has 0 aromatic heterocycles. The summed E-state index contributed by atoms with van der Waals surface area (Å²) in [5.41, 5.74) is 5.39. The van der Waals surface area contributed by atoms with E-state index in [1.807, 2.05) is 0 Å². The highest BCUT2D eigenvalue weighted by Crippen LogP contribution is 2.28. The molecule has 0 N–H and O–H groups in total. The molecule has 0 unspecified atom stereocenters. The van der Waals surface area contributed by atoms with Gasteiger partial charge in [0.1, 0.15) is 24.5 Å². The maximum atomic E-state index is 2.28. The Labute approximate surface area is 158 Å². The summed E-state index contributed by atoms with van der Waals surface area (Å²) in [6.45, 7) is 1.98. The Morgan fingerprint density at radius 2 is 0.769 bits per heavy atom. The Bertz CT molecular complexity index is 747. The van der Waals surface area contributed by atoms with Gasteiger partial charge in [0, 0.05) is 35.4 Å². The zero-order valence-electron chi connectivity index (χ0n) is 16.4. The molecule has 0 aliphatic carbocycles. The number of nitrogens with zero attached hydrogens (tertiary/aromatic N) is 2. The zero-order valence-corrected chi connectivity index (χ0v) is 16.4. The molecule has 0 saturated carbocycles. The number of hydrogen-bond donors (Lipinski definition) is 0.